The number of hydrogen-bond donors (Lipinski definition) is 1. The molecule has 1 heterocycles. The number of rotatable bonds is 7. The third kappa shape index (κ3) is 4.49. The smallest absolute Gasteiger partial charge is 0.308 e. The molecular weight excluding hydrogens is 417 g/mol. The Morgan fingerprint density at radius 2 is 1.84 bits per heavy atom. The Hall–Kier alpha value is -3.68. The maximum atomic E-state index is 13.9. The summed E-state index contributed by atoms with van der Waals surface area (Å²) in [6.07, 6.45) is 1.44. The van der Waals surface area contributed by atoms with Gasteiger partial charge in [0.05, 0.1) is 24.3 Å². The number of hydrogen-bond acceptors (Lipinski definition) is 6. The van der Waals surface area contributed by atoms with Crippen molar-refractivity contribution in [1.29, 1.82) is 0 Å². The lowest BCUT2D eigenvalue weighted by molar-refractivity contribution is -0.139. The van der Waals surface area contributed by atoms with Crippen molar-refractivity contribution in [3.05, 3.63) is 65.0 Å². The molecule has 0 spiro atoms. The molecule has 1 aliphatic heterocycles. The number of ketones is 1. The fraction of sp³-hybridized carbons (Fsp3) is 0.292. The second kappa shape index (κ2) is 9.64. The molecule has 0 bridgehead atoms. The van der Waals surface area contributed by atoms with Gasteiger partial charge in [-0.3, -0.25) is 14.4 Å². The predicted molar refractivity (Wildman–Crippen MR) is 115 cm³/mol. The van der Waals surface area contributed by atoms with Crippen LogP contribution in [-0.2, 0) is 14.4 Å². The first-order chi connectivity index (χ1) is 15.3. The summed E-state index contributed by atoms with van der Waals surface area (Å²) < 4.78 is 24.2. The van der Waals surface area contributed by atoms with Crippen LogP contribution in [0.2, 0.25) is 0 Å². The van der Waals surface area contributed by atoms with E-state index < -0.39 is 35.3 Å². The third-order valence-corrected chi connectivity index (χ3v) is 5.17. The lowest BCUT2D eigenvalue weighted by Crippen LogP contribution is -2.30. The van der Waals surface area contributed by atoms with Gasteiger partial charge in [0.1, 0.15) is 23.1 Å². The van der Waals surface area contributed by atoms with Crippen molar-refractivity contribution < 1.29 is 33.4 Å². The number of esters is 1. The summed E-state index contributed by atoms with van der Waals surface area (Å²) in [5.74, 6) is -2.78. The largest absolute Gasteiger partial charge is 0.507 e. The van der Waals surface area contributed by atoms with Crippen LogP contribution in [0.5, 0.6) is 11.5 Å². The number of ether oxygens (including phenoxy) is 2. The highest BCUT2D eigenvalue weighted by molar-refractivity contribution is 6.46. The van der Waals surface area contributed by atoms with Crippen molar-refractivity contribution >= 4 is 23.4 Å². The van der Waals surface area contributed by atoms with E-state index in [1.165, 1.54) is 31.1 Å². The number of carbonyl (C=O) groups excluding carboxylic acids is 3. The van der Waals surface area contributed by atoms with Crippen LogP contribution in [0.1, 0.15) is 43.9 Å². The molecule has 1 fully saturated rings. The number of Topliss-reactive ketones (excluding diaryl/α,β-unsaturated/α-hetero) is 1. The zero-order valence-electron chi connectivity index (χ0n) is 18.1. The molecule has 8 heteroatoms. The molecule has 1 atom stereocenters. The van der Waals surface area contributed by atoms with E-state index in [1.54, 1.807) is 24.3 Å². The van der Waals surface area contributed by atoms with Gasteiger partial charge in [-0.2, -0.15) is 0 Å². The topological polar surface area (TPSA) is 93.1 Å². The summed E-state index contributed by atoms with van der Waals surface area (Å²) in [6.45, 7) is 3.53. The molecule has 3 rings (SSSR count). The summed E-state index contributed by atoms with van der Waals surface area (Å²) >= 11 is 0. The van der Waals surface area contributed by atoms with Crippen LogP contribution in [-0.4, -0.2) is 41.3 Å². The summed E-state index contributed by atoms with van der Waals surface area (Å²) in [5, 5.41) is 11.1. The van der Waals surface area contributed by atoms with Crippen LogP contribution in [0.15, 0.2) is 48.0 Å². The number of likely N-dealkylation sites (tertiary alicyclic amines) is 1. The number of benzene rings is 2. The molecule has 1 aliphatic rings. The minimum Gasteiger partial charge on any atom is -0.507 e. The molecule has 0 aromatic heterocycles. The first kappa shape index (κ1) is 23.0. The van der Waals surface area contributed by atoms with Gasteiger partial charge < -0.3 is 19.5 Å². The van der Waals surface area contributed by atoms with Crippen LogP contribution < -0.4 is 9.47 Å². The normalized spacial score (nSPS) is 17.5. The fourth-order valence-corrected chi connectivity index (χ4v) is 3.68. The van der Waals surface area contributed by atoms with Crippen LogP contribution in [0.4, 0.5) is 4.39 Å². The average molecular weight is 441 g/mol. The SMILES string of the molecule is CCCCN1C(=O)C(=O)/C(=C(/O)c2cc(F)ccc2OC)C1c1ccc(OC(C)=O)cc1. The van der Waals surface area contributed by atoms with Crippen molar-refractivity contribution in [2.45, 2.75) is 32.7 Å². The summed E-state index contributed by atoms with van der Waals surface area (Å²) in [5.41, 5.74) is 0.353. The molecule has 2 aromatic rings. The molecule has 1 N–H and O–H groups in total. The minimum atomic E-state index is -0.888. The lowest BCUT2D eigenvalue weighted by Gasteiger charge is -2.25. The van der Waals surface area contributed by atoms with Crippen molar-refractivity contribution in [3.8, 4) is 11.5 Å². The van der Waals surface area contributed by atoms with E-state index in [0.29, 0.717) is 24.3 Å². The van der Waals surface area contributed by atoms with E-state index in [9.17, 15) is 23.9 Å². The van der Waals surface area contributed by atoms with Crippen LogP contribution in [0, 0.1) is 5.82 Å². The van der Waals surface area contributed by atoms with E-state index in [4.69, 9.17) is 9.47 Å². The molecule has 7 nitrogen and oxygen atoms in total. The Morgan fingerprint density at radius 3 is 2.44 bits per heavy atom. The molecule has 0 radical (unpaired) electrons. The van der Waals surface area contributed by atoms with Gasteiger partial charge in [-0.05, 0) is 42.3 Å². The Bertz CT molecular complexity index is 1080. The number of nitrogens with zero attached hydrogens (tertiary/aromatic N) is 1. The number of carbonyl (C=O) groups is 3. The molecule has 2 aromatic carbocycles. The summed E-state index contributed by atoms with van der Waals surface area (Å²) in [4.78, 5) is 38.4. The highest BCUT2D eigenvalue weighted by Gasteiger charge is 2.46. The molecule has 1 saturated heterocycles. The van der Waals surface area contributed by atoms with Gasteiger partial charge in [0.2, 0.25) is 0 Å². The molecule has 168 valence electrons. The van der Waals surface area contributed by atoms with Gasteiger partial charge in [-0.1, -0.05) is 25.5 Å². The Balaban J connectivity index is 2.17. The molecule has 0 aliphatic carbocycles. The zero-order valence-corrected chi connectivity index (χ0v) is 18.1. The molecule has 1 amide bonds. The second-order valence-corrected chi connectivity index (χ2v) is 7.35. The maximum absolute atomic E-state index is 13.9. The quantitative estimate of drug-likeness (QED) is 0.230. The van der Waals surface area contributed by atoms with Gasteiger partial charge in [0.15, 0.2) is 0 Å². The molecule has 32 heavy (non-hydrogen) atoms. The molecule has 0 saturated carbocycles. The van der Waals surface area contributed by atoms with Crippen LogP contribution in [0.25, 0.3) is 5.76 Å². The van der Waals surface area contributed by atoms with E-state index in [0.717, 1.165) is 12.5 Å². The fourth-order valence-electron chi connectivity index (χ4n) is 3.68. The van der Waals surface area contributed by atoms with Gasteiger partial charge >= 0.3 is 5.97 Å². The second-order valence-electron chi connectivity index (χ2n) is 7.35. The van der Waals surface area contributed by atoms with Crippen molar-refractivity contribution in [2.24, 2.45) is 0 Å². The predicted octanol–water partition coefficient (Wildman–Crippen LogP) is 3.98. The highest BCUT2D eigenvalue weighted by atomic mass is 19.1. The Morgan fingerprint density at radius 1 is 1.16 bits per heavy atom. The van der Waals surface area contributed by atoms with E-state index in [2.05, 4.69) is 0 Å². The first-order valence-corrected chi connectivity index (χ1v) is 10.2. The summed E-state index contributed by atoms with van der Waals surface area (Å²) in [6, 6.07) is 8.98. The van der Waals surface area contributed by atoms with Crippen molar-refractivity contribution in [3.63, 3.8) is 0 Å². The molecule has 1 unspecified atom stereocenters. The van der Waals surface area contributed by atoms with Crippen LogP contribution in [0.3, 0.4) is 0 Å². The standard InChI is InChI=1S/C24H24FNO6/c1-4-5-12-26-21(15-6-9-17(10-7-15)32-14(2)27)20(23(29)24(26)30)22(28)18-13-16(25)8-11-19(18)31-3/h6-11,13,21,28H,4-5,12H2,1-3H3/b22-20+. The maximum Gasteiger partial charge on any atom is 0.308 e. The van der Waals surface area contributed by atoms with E-state index in [1.807, 2.05) is 6.92 Å². The Kier molecular flexibility index (Phi) is 6.92. The van der Waals surface area contributed by atoms with Crippen molar-refractivity contribution in [2.75, 3.05) is 13.7 Å². The van der Waals surface area contributed by atoms with Crippen molar-refractivity contribution in [1.82, 2.24) is 4.90 Å². The van der Waals surface area contributed by atoms with Gasteiger partial charge in [0, 0.05) is 13.5 Å². The van der Waals surface area contributed by atoms with E-state index in [-0.39, 0.29) is 16.9 Å². The van der Waals surface area contributed by atoms with Crippen LogP contribution >= 0.6 is 0 Å². The number of aliphatic hydroxyl groups excluding tert-OH is 1. The van der Waals surface area contributed by atoms with Gasteiger partial charge in [-0.15, -0.1) is 0 Å². The van der Waals surface area contributed by atoms with E-state index >= 15 is 0 Å². The monoisotopic (exact) mass is 441 g/mol. The lowest BCUT2D eigenvalue weighted by atomic mass is 9.94. The number of unbranched alkanes of at least 4 members (excludes halogenated alkanes) is 1. The molecular formula is C24H24FNO6. The highest BCUT2D eigenvalue weighted by Crippen LogP contribution is 2.41. The number of amides is 1. The Labute approximate surface area is 185 Å². The number of halogens is 1. The minimum absolute atomic E-state index is 0.0254. The first-order valence-electron chi connectivity index (χ1n) is 10.2. The third-order valence-electron chi connectivity index (χ3n) is 5.17. The number of aliphatic hydroxyl groups is 1. The average Bonchev–Trinajstić information content (AvgIpc) is 3.02. The van der Waals surface area contributed by atoms with Gasteiger partial charge in [-0.25, -0.2) is 4.39 Å². The zero-order chi connectivity index (χ0) is 23.4. The van der Waals surface area contributed by atoms with Gasteiger partial charge in [0.25, 0.3) is 11.7 Å². The summed E-state index contributed by atoms with van der Waals surface area (Å²) in [7, 11) is 1.36. The number of methoxy groups -OCH3 is 1.